The Labute approximate surface area is 126 Å². The number of anilines is 1. The number of nitrogens with one attached hydrogen (secondary N) is 2. The summed E-state index contributed by atoms with van der Waals surface area (Å²) in [5, 5.41) is 6.85. The topological polar surface area (TPSA) is 101 Å². The molecule has 0 unspecified atom stereocenters. The lowest BCUT2D eigenvalue weighted by atomic mass is 10.3. The van der Waals surface area contributed by atoms with Crippen LogP contribution in [-0.4, -0.2) is 18.6 Å². The minimum atomic E-state index is -3.87. The summed E-state index contributed by atoms with van der Waals surface area (Å²) in [6, 6.07) is 4.45. The van der Waals surface area contributed by atoms with Gasteiger partial charge in [-0.3, -0.25) is 9.82 Å². The molecule has 4 N–H and O–H groups in total. The molecule has 0 amide bonds. The maximum atomic E-state index is 12.3. The van der Waals surface area contributed by atoms with Crippen LogP contribution in [0.5, 0.6) is 0 Å². The maximum Gasteiger partial charge on any atom is 0.281 e. The normalized spacial score (nSPS) is 11.6. The molecule has 0 fully saturated rings. The Morgan fingerprint density at radius 2 is 2.10 bits per heavy atom. The molecule has 0 atom stereocenters. The van der Waals surface area contributed by atoms with E-state index in [1.807, 2.05) is 0 Å². The van der Waals surface area contributed by atoms with Crippen molar-refractivity contribution in [3.63, 3.8) is 0 Å². The number of hydrogen-bond donors (Lipinski definition) is 3. The number of hydrogen-bond acceptors (Lipinski definition) is 4. The van der Waals surface area contributed by atoms with Crippen molar-refractivity contribution in [1.82, 2.24) is 10.2 Å². The van der Waals surface area contributed by atoms with Crippen molar-refractivity contribution >= 4 is 38.9 Å². The van der Waals surface area contributed by atoms with Crippen LogP contribution in [0.15, 0.2) is 23.2 Å². The van der Waals surface area contributed by atoms with E-state index < -0.39 is 10.0 Å². The van der Waals surface area contributed by atoms with Gasteiger partial charge < -0.3 is 5.73 Å². The van der Waals surface area contributed by atoms with Crippen molar-refractivity contribution < 1.29 is 8.42 Å². The molecule has 9 heteroatoms. The van der Waals surface area contributed by atoms with E-state index in [9.17, 15) is 8.42 Å². The molecule has 1 aromatic heterocycles. The molecule has 0 aliphatic rings. The van der Waals surface area contributed by atoms with Gasteiger partial charge >= 0.3 is 0 Å². The van der Waals surface area contributed by atoms with Crippen molar-refractivity contribution in [2.24, 2.45) is 5.73 Å². The Morgan fingerprint density at radius 3 is 2.70 bits per heavy atom. The molecule has 0 radical (unpaired) electrons. The van der Waals surface area contributed by atoms with Crippen molar-refractivity contribution in [3.05, 3.63) is 39.5 Å². The van der Waals surface area contributed by atoms with E-state index in [-0.39, 0.29) is 22.3 Å². The first-order valence-electron chi connectivity index (χ1n) is 5.57. The van der Waals surface area contributed by atoms with Gasteiger partial charge in [-0.05, 0) is 25.1 Å². The van der Waals surface area contributed by atoms with Gasteiger partial charge in [0, 0.05) is 22.8 Å². The molecule has 0 spiro atoms. The van der Waals surface area contributed by atoms with E-state index in [0.717, 1.165) is 0 Å². The van der Waals surface area contributed by atoms with Crippen molar-refractivity contribution in [1.29, 1.82) is 0 Å². The van der Waals surface area contributed by atoms with Gasteiger partial charge in [-0.15, -0.1) is 0 Å². The van der Waals surface area contributed by atoms with E-state index in [1.54, 1.807) is 6.92 Å². The smallest absolute Gasteiger partial charge is 0.281 e. The Kier molecular flexibility index (Phi) is 4.24. The van der Waals surface area contributed by atoms with Gasteiger partial charge in [0.2, 0.25) is 5.03 Å². The van der Waals surface area contributed by atoms with E-state index >= 15 is 0 Å². The van der Waals surface area contributed by atoms with Crippen molar-refractivity contribution in [3.8, 4) is 0 Å². The molecule has 0 aliphatic heterocycles. The third-order valence-corrected chi connectivity index (χ3v) is 4.55. The number of aromatic amines is 1. The summed E-state index contributed by atoms with van der Waals surface area (Å²) in [6.07, 6.45) is 0. The molecule has 20 heavy (non-hydrogen) atoms. The van der Waals surface area contributed by atoms with Gasteiger partial charge in [-0.2, -0.15) is 13.5 Å². The summed E-state index contributed by atoms with van der Waals surface area (Å²) in [5.74, 6) is 0. The van der Waals surface area contributed by atoms with E-state index in [0.29, 0.717) is 16.3 Å². The monoisotopic (exact) mass is 334 g/mol. The fourth-order valence-electron chi connectivity index (χ4n) is 1.66. The first-order chi connectivity index (χ1) is 9.35. The zero-order chi connectivity index (χ0) is 14.9. The predicted molar refractivity (Wildman–Crippen MR) is 78.5 cm³/mol. The van der Waals surface area contributed by atoms with Crippen LogP contribution in [0.1, 0.15) is 11.3 Å². The quantitative estimate of drug-likeness (QED) is 0.798. The van der Waals surface area contributed by atoms with Gasteiger partial charge in [0.1, 0.15) is 0 Å². The highest BCUT2D eigenvalue weighted by Crippen LogP contribution is 2.28. The number of aryl methyl sites for hydroxylation is 1. The molecule has 1 aromatic carbocycles. The van der Waals surface area contributed by atoms with Crippen LogP contribution in [0.4, 0.5) is 5.69 Å². The van der Waals surface area contributed by atoms with E-state index in [1.165, 1.54) is 18.2 Å². The van der Waals surface area contributed by atoms with Crippen LogP contribution in [-0.2, 0) is 16.6 Å². The summed E-state index contributed by atoms with van der Waals surface area (Å²) < 4.78 is 26.9. The van der Waals surface area contributed by atoms with Crippen molar-refractivity contribution in [2.45, 2.75) is 18.5 Å². The Hall–Kier alpha value is -1.28. The number of halogens is 2. The van der Waals surface area contributed by atoms with Crippen LogP contribution in [0, 0.1) is 6.92 Å². The van der Waals surface area contributed by atoms with Crippen LogP contribution in [0.25, 0.3) is 0 Å². The molecule has 1 heterocycles. The van der Waals surface area contributed by atoms with E-state index in [2.05, 4.69) is 14.9 Å². The lowest BCUT2D eigenvalue weighted by Gasteiger charge is -2.09. The zero-order valence-electron chi connectivity index (χ0n) is 10.4. The Bertz CT molecular complexity index is 743. The van der Waals surface area contributed by atoms with E-state index in [4.69, 9.17) is 28.9 Å². The summed E-state index contributed by atoms with van der Waals surface area (Å²) in [7, 11) is -3.87. The number of benzene rings is 1. The molecular weight excluding hydrogens is 323 g/mol. The van der Waals surface area contributed by atoms with Gasteiger partial charge in [-0.25, -0.2) is 0 Å². The molecule has 2 aromatic rings. The van der Waals surface area contributed by atoms with Crippen LogP contribution >= 0.6 is 23.2 Å². The molecule has 6 nitrogen and oxygen atoms in total. The highest BCUT2D eigenvalue weighted by atomic mass is 35.5. The molecule has 0 aliphatic carbocycles. The molecule has 0 bridgehead atoms. The standard InChI is InChI=1S/C11H12Cl2N4O2S/c1-6-8(5-14)11(16-15-6)20(18,19)17-10-3-2-7(12)4-9(10)13/h2-4,17H,5,14H2,1H3,(H,15,16). The molecular formula is C11H12Cl2N4O2S. The second kappa shape index (κ2) is 5.61. The minimum Gasteiger partial charge on any atom is -0.326 e. The first kappa shape index (κ1) is 15.1. The third-order valence-electron chi connectivity index (χ3n) is 2.67. The highest BCUT2D eigenvalue weighted by Gasteiger charge is 2.23. The SMILES string of the molecule is Cc1[nH]nc(S(=O)(=O)Nc2ccc(Cl)cc2Cl)c1CN. The van der Waals surface area contributed by atoms with Gasteiger partial charge in [0.05, 0.1) is 10.7 Å². The number of H-pyrrole nitrogens is 1. The highest BCUT2D eigenvalue weighted by molar-refractivity contribution is 7.92. The summed E-state index contributed by atoms with van der Waals surface area (Å²) in [6.45, 7) is 1.76. The van der Waals surface area contributed by atoms with Crippen LogP contribution < -0.4 is 10.5 Å². The molecule has 0 saturated carbocycles. The fraction of sp³-hybridized carbons (Fsp3) is 0.182. The largest absolute Gasteiger partial charge is 0.326 e. The lowest BCUT2D eigenvalue weighted by molar-refractivity contribution is 0.596. The molecule has 0 saturated heterocycles. The van der Waals surface area contributed by atoms with Crippen LogP contribution in [0.3, 0.4) is 0 Å². The number of aromatic nitrogens is 2. The summed E-state index contributed by atoms with van der Waals surface area (Å²) in [5.41, 5.74) is 6.80. The lowest BCUT2D eigenvalue weighted by Crippen LogP contribution is -2.16. The fourth-order valence-corrected chi connectivity index (χ4v) is 3.46. The van der Waals surface area contributed by atoms with Crippen LogP contribution in [0.2, 0.25) is 10.0 Å². The Morgan fingerprint density at radius 1 is 1.40 bits per heavy atom. The average Bonchev–Trinajstić information content (AvgIpc) is 2.74. The summed E-state index contributed by atoms with van der Waals surface area (Å²) >= 11 is 11.7. The summed E-state index contributed by atoms with van der Waals surface area (Å²) in [4.78, 5) is 0. The Balaban J connectivity index is 2.41. The predicted octanol–water partition coefficient (Wildman–Crippen LogP) is 2.28. The molecule has 108 valence electrons. The first-order valence-corrected chi connectivity index (χ1v) is 7.81. The number of rotatable bonds is 4. The molecule has 2 rings (SSSR count). The number of nitrogens with two attached hydrogens (primary N) is 1. The second-order valence-electron chi connectivity index (χ2n) is 4.07. The van der Waals surface area contributed by atoms with Gasteiger partial charge in [-0.1, -0.05) is 23.2 Å². The third kappa shape index (κ3) is 2.90. The number of sulfonamides is 1. The average molecular weight is 335 g/mol. The second-order valence-corrected chi connectivity index (χ2v) is 6.51. The van der Waals surface area contributed by atoms with Gasteiger partial charge in [0.25, 0.3) is 10.0 Å². The number of nitrogens with zero attached hydrogens (tertiary/aromatic N) is 1. The minimum absolute atomic E-state index is 0.0624. The van der Waals surface area contributed by atoms with Gasteiger partial charge in [0.15, 0.2) is 0 Å². The zero-order valence-corrected chi connectivity index (χ0v) is 12.8. The maximum absolute atomic E-state index is 12.3. The van der Waals surface area contributed by atoms with Crippen molar-refractivity contribution in [2.75, 3.05) is 4.72 Å².